The summed E-state index contributed by atoms with van der Waals surface area (Å²) >= 11 is 0. The normalized spacial score (nSPS) is 10.3. The molecule has 2 aromatic rings. The molecule has 2 rings (SSSR count). The highest BCUT2D eigenvalue weighted by molar-refractivity contribution is 5.71. The van der Waals surface area contributed by atoms with Crippen LogP contribution < -0.4 is 0 Å². The molecule has 1 N–H and O–H groups in total. The van der Waals surface area contributed by atoms with Gasteiger partial charge in [-0.15, -0.1) is 0 Å². The first kappa shape index (κ1) is 9.78. The molecule has 0 saturated carbocycles. The minimum absolute atomic E-state index is 0.376. The zero-order valence-corrected chi connectivity index (χ0v) is 8.99. The van der Waals surface area contributed by atoms with Crippen LogP contribution >= 0.6 is 0 Å². The van der Waals surface area contributed by atoms with Gasteiger partial charge in [0.1, 0.15) is 5.75 Å². The van der Waals surface area contributed by atoms with Crippen LogP contribution in [0.25, 0.3) is 11.1 Å². The minimum Gasteiger partial charge on any atom is -0.507 e. The van der Waals surface area contributed by atoms with Gasteiger partial charge in [0.15, 0.2) is 0 Å². The molecule has 2 aromatic carbocycles. The molecule has 0 aliphatic heterocycles. The average molecular weight is 198 g/mol. The molecule has 0 aliphatic carbocycles. The summed E-state index contributed by atoms with van der Waals surface area (Å²) in [4.78, 5) is 0. The summed E-state index contributed by atoms with van der Waals surface area (Å²) in [6.07, 6.45) is 0. The number of para-hydroxylation sites is 1. The molecule has 0 spiro atoms. The van der Waals surface area contributed by atoms with Gasteiger partial charge in [-0.05, 0) is 25.0 Å². The summed E-state index contributed by atoms with van der Waals surface area (Å²) in [5, 5.41) is 9.92. The lowest BCUT2D eigenvalue weighted by atomic mass is 10.0. The van der Waals surface area contributed by atoms with E-state index in [-0.39, 0.29) is 0 Å². The minimum atomic E-state index is 0.376. The van der Waals surface area contributed by atoms with Gasteiger partial charge < -0.3 is 5.11 Å². The molecule has 0 fully saturated rings. The van der Waals surface area contributed by atoms with E-state index in [1.165, 1.54) is 5.56 Å². The highest BCUT2D eigenvalue weighted by Crippen LogP contribution is 2.31. The molecule has 15 heavy (non-hydrogen) atoms. The Kier molecular flexibility index (Phi) is 2.46. The molecule has 76 valence electrons. The topological polar surface area (TPSA) is 20.2 Å². The van der Waals surface area contributed by atoms with E-state index in [1.807, 2.05) is 37.3 Å². The third-order valence-corrected chi connectivity index (χ3v) is 2.60. The van der Waals surface area contributed by atoms with Crippen molar-refractivity contribution >= 4 is 0 Å². The SMILES string of the molecule is Cc1ccc(-c2cccc(C)c2O)cc1. The molecule has 0 aromatic heterocycles. The summed E-state index contributed by atoms with van der Waals surface area (Å²) in [6.45, 7) is 3.97. The van der Waals surface area contributed by atoms with Crippen LogP contribution in [-0.4, -0.2) is 5.11 Å². The Morgan fingerprint density at radius 2 is 1.53 bits per heavy atom. The van der Waals surface area contributed by atoms with Crippen molar-refractivity contribution in [3.05, 3.63) is 53.6 Å². The summed E-state index contributed by atoms with van der Waals surface area (Å²) in [7, 11) is 0. The van der Waals surface area contributed by atoms with Crippen molar-refractivity contribution in [1.29, 1.82) is 0 Å². The molecule has 0 aliphatic rings. The van der Waals surface area contributed by atoms with Gasteiger partial charge >= 0.3 is 0 Å². The van der Waals surface area contributed by atoms with E-state index in [1.54, 1.807) is 0 Å². The van der Waals surface area contributed by atoms with Crippen molar-refractivity contribution in [3.8, 4) is 16.9 Å². The highest BCUT2D eigenvalue weighted by Gasteiger charge is 2.05. The maximum Gasteiger partial charge on any atom is 0.126 e. The Hall–Kier alpha value is -1.76. The average Bonchev–Trinajstić information content (AvgIpc) is 2.24. The fourth-order valence-corrected chi connectivity index (χ4v) is 1.63. The van der Waals surface area contributed by atoms with Gasteiger partial charge in [-0.3, -0.25) is 0 Å². The zero-order valence-electron chi connectivity index (χ0n) is 8.99. The Morgan fingerprint density at radius 3 is 2.20 bits per heavy atom. The molecule has 0 heterocycles. The summed E-state index contributed by atoms with van der Waals surface area (Å²) in [6, 6.07) is 14.0. The lowest BCUT2D eigenvalue weighted by molar-refractivity contribution is 0.473. The summed E-state index contributed by atoms with van der Waals surface area (Å²) in [5.74, 6) is 0.376. The smallest absolute Gasteiger partial charge is 0.126 e. The first-order valence-electron chi connectivity index (χ1n) is 5.04. The van der Waals surface area contributed by atoms with Crippen molar-refractivity contribution in [2.24, 2.45) is 0 Å². The number of aryl methyl sites for hydroxylation is 2. The van der Waals surface area contributed by atoms with Crippen LogP contribution in [0.5, 0.6) is 5.75 Å². The summed E-state index contributed by atoms with van der Waals surface area (Å²) in [5.41, 5.74) is 4.09. The van der Waals surface area contributed by atoms with E-state index < -0.39 is 0 Å². The van der Waals surface area contributed by atoms with Crippen molar-refractivity contribution < 1.29 is 5.11 Å². The molecular formula is C14H14O. The van der Waals surface area contributed by atoms with Gasteiger partial charge in [-0.25, -0.2) is 0 Å². The number of hydrogen-bond donors (Lipinski definition) is 1. The molecule has 0 bridgehead atoms. The third-order valence-electron chi connectivity index (χ3n) is 2.60. The second kappa shape index (κ2) is 3.77. The van der Waals surface area contributed by atoms with Gasteiger partial charge in [-0.2, -0.15) is 0 Å². The largest absolute Gasteiger partial charge is 0.507 e. The van der Waals surface area contributed by atoms with Gasteiger partial charge in [0, 0.05) is 5.56 Å². The van der Waals surface area contributed by atoms with E-state index in [0.717, 1.165) is 16.7 Å². The van der Waals surface area contributed by atoms with E-state index in [9.17, 15) is 5.11 Å². The number of aromatic hydroxyl groups is 1. The quantitative estimate of drug-likeness (QED) is 0.741. The van der Waals surface area contributed by atoms with Crippen LogP contribution in [0.2, 0.25) is 0 Å². The van der Waals surface area contributed by atoms with Crippen molar-refractivity contribution in [2.75, 3.05) is 0 Å². The number of phenolic OH excluding ortho intramolecular Hbond substituents is 1. The Labute approximate surface area is 90.0 Å². The molecule has 0 amide bonds. The maximum absolute atomic E-state index is 9.92. The summed E-state index contributed by atoms with van der Waals surface area (Å²) < 4.78 is 0. The molecule has 0 radical (unpaired) electrons. The standard InChI is InChI=1S/C14H14O/c1-10-6-8-12(9-7-10)13-5-3-4-11(2)14(13)15/h3-9,15H,1-2H3. The van der Waals surface area contributed by atoms with E-state index >= 15 is 0 Å². The van der Waals surface area contributed by atoms with E-state index in [4.69, 9.17) is 0 Å². The van der Waals surface area contributed by atoms with Gasteiger partial charge in [0.25, 0.3) is 0 Å². The lowest BCUT2D eigenvalue weighted by Crippen LogP contribution is -1.82. The Balaban J connectivity index is 2.54. The van der Waals surface area contributed by atoms with E-state index in [2.05, 4.69) is 19.1 Å². The number of hydrogen-bond acceptors (Lipinski definition) is 1. The van der Waals surface area contributed by atoms with Gasteiger partial charge in [-0.1, -0.05) is 48.0 Å². The van der Waals surface area contributed by atoms with Crippen LogP contribution in [-0.2, 0) is 0 Å². The van der Waals surface area contributed by atoms with E-state index in [0.29, 0.717) is 5.75 Å². The predicted molar refractivity (Wildman–Crippen MR) is 63.0 cm³/mol. The second-order valence-electron chi connectivity index (χ2n) is 3.84. The van der Waals surface area contributed by atoms with Crippen molar-refractivity contribution in [1.82, 2.24) is 0 Å². The molecule has 0 saturated heterocycles. The fraction of sp³-hybridized carbons (Fsp3) is 0.143. The van der Waals surface area contributed by atoms with Crippen LogP contribution in [0, 0.1) is 13.8 Å². The Morgan fingerprint density at radius 1 is 0.867 bits per heavy atom. The fourth-order valence-electron chi connectivity index (χ4n) is 1.63. The molecule has 1 heteroatoms. The monoisotopic (exact) mass is 198 g/mol. The zero-order chi connectivity index (χ0) is 10.8. The molecule has 0 atom stereocenters. The number of benzene rings is 2. The third kappa shape index (κ3) is 1.86. The first-order valence-corrected chi connectivity index (χ1v) is 5.04. The van der Waals surface area contributed by atoms with Crippen LogP contribution in [0.4, 0.5) is 0 Å². The van der Waals surface area contributed by atoms with Crippen LogP contribution in [0.15, 0.2) is 42.5 Å². The van der Waals surface area contributed by atoms with Gasteiger partial charge in [0.05, 0.1) is 0 Å². The Bertz CT molecular complexity index is 469. The highest BCUT2D eigenvalue weighted by atomic mass is 16.3. The first-order chi connectivity index (χ1) is 7.18. The molecular weight excluding hydrogens is 184 g/mol. The van der Waals surface area contributed by atoms with Gasteiger partial charge in [0.2, 0.25) is 0 Å². The molecule has 1 nitrogen and oxygen atoms in total. The second-order valence-corrected chi connectivity index (χ2v) is 3.84. The number of rotatable bonds is 1. The molecule has 0 unspecified atom stereocenters. The van der Waals surface area contributed by atoms with Crippen LogP contribution in [0.1, 0.15) is 11.1 Å². The maximum atomic E-state index is 9.92. The number of phenols is 1. The lowest BCUT2D eigenvalue weighted by Gasteiger charge is -2.07. The van der Waals surface area contributed by atoms with Crippen molar-refractivity contribution in [2.45, 2.75) is 13.8 Å². The van der Waals surface area contributed by atoms with Crippen molar-refractivity contribution in [3.63, 3.8) is 0 Å². The van der Waals surface area contributed by atoms with Crippen LogP contribution in [0.3, 0.4) is 0 Å². The predicted octanol–water partition coefficient (Wildman–Crippen LogP) is 3.68.